The molecule has 2 aromatic carbocycles. The Balaban J connectivity index is 2.05. The molecule has 0 saturated carbocycles. The summed E-state index contributed by atoms with van der Waals surface area (Å²) in [4.78, 5) is 25.0. The van der Waals surface area contributed by atoms with Gasteiger partial charge in [-0.3, -0.25) is 9.59 Å². The minimum absolute atomic E-state index is 0.123. The van der Waals surface area contributed by atoms with Gasteiger partial charge >= 0.3 is 0 Å². The summed E-state index contributed by atoms with van der Waals surface area (Å²) in [5, 5.41) is 5.44. The van der Waals surface area contributed by atoms with Gasteiger partial charge in [0.2, 0.25) is 5.91 Å². The molecule has 0 spiro atoms. The number of ether oxygens (including phenoxy) is 1. The molecular weight excluding hydrogens is 335 g/mol. The molecule has 0 aliphatic rings. The molecule has 0 aliphatic heterocycles. The molecule has 0 bridgehead atoms. The molecule has 0 heterocycles. The highest BCUT2D eigenvalue weighted by Crippen LogP contribution is 2.14. The van der Waals surface area contributed by atoms with E-state index >= 15 is 0 Å². The normalized spacial score (nSPS) is 11.7. The number of amides is 2. The van der Waals surface area contributed by atoms with Crippen molar-refractivity contribution in [3.05, 3.63) is 59.9 Å². The summed E-state index contributed by atoms with van der Waals surface area (Å²) in [6.07, 6.45) is 0. The number of hydrogen-bond acceptors (Lipinski definition) is 3. The fourth-order valence-electron chi connectivity index (χ4n) is 2.38. The third-order valence-corrected chi connectivity index (χ3v) is 3.78. The summed E-state index contributed by atoms with van der Waals surface area (Å²) in [5.74, 6) is -0.528. The van der Waals surface area contributed by atoms with Gasteiger partial charge in [0.25, 0.3) is 5.91 Å². The molecule has 0 fully saturated rings. The Bertz CT molecular complexity index is 743. The first-order valence-electron chi connectivity index (χ1n) is 8.51. The van der Waals surface area contributed by atoms with Crippen LogP contribution in [0.2, 0.25) is 0 Å². The summed E-state index contributed by atoms with van der Waals surface area (Å²) in [6, 6.07) is 11.5. The zero-order chi connectivity index (χ0) is 19.1. The van der Waals surface area contributed by atoms with Crippen LogP contribution in [0, 0.1) is 11.7 Å². The summed E-state index contributed by atoms with van der Waals surface area (Å²) < 4.78 is 18.3. The van der Waals surface area contributed by atoms with Crippen LogP contribution in [0.3, 0.4) is 0 Å². The third-order valence-electron chi connectivity index (χ3n) is 3.78. The van der Waals surface area contributed by atoms with Crippen LogP contribution in [-0.2, 0) is 4.79 Å². The predicted molar refractivity (Wildman–Crippen MR) is 98.7 cm³/mol. The van der Waals surface area contributed by atoms with Crippen LogP contribution >= 0.6 is 0 Å². The molecule has 1 atom stereocenters. The Morgan fingerprint density at radius 2 is 1.65 bits per heavy atom. The van der Waals surface area contributed by atoms with Crippen molar-refractivity contribution in [2.75, 3.05) is 11.9 Å². The van der Waals surface area contributed by atoms with E-state index in [0.29, 0.717) is 23.6 Å². The molecule has 0 radical (unpaired) electrons. The molecule has 0 aliphatic carbocycles. The smallest absolute Gasteiger partial charge is 0.251 e. The summed E-state index contributed by atoms with van der Waals surface area (Å²) in [7, 11) is 0. The maximum absolute atomic E-state index is 13.0. The van der Waals surface area contributed by atoms with Crippen LogP contribution in [0.15, 0.2) is 48.5 Å². The fourth-order valence-corrected chi connectivity index (χ4v) is 2.38. The van der Waals surface area contributed by atoms with E-state index in [1.54, 1.807) is 24.3 Å². The molecule has 5 nitrogen and oxygen atoms in total. The molecule has 0 saturated heterocycles. The van der Waals surface area contributed by atoms with Crippen LogP contribution < -0.4 is 15.4 Å². The predicted octanol–water partition coefficient (Wildman–Crippen LogP) is 3.62. The second-order valence-corrected chi connectivity index (χ2v) is 6.15. The van der Waals surface area contributed by atoms with Gasteiger partial charge in [-0.25, -0.2) is 4.39 Å². The molecule has 2 rings (SSSR count). The van der Waals surface area contributed by atoms with Gasteiger partial charge < -0.3 is 15.4 Å². The van der Waals surface area contributed by atoms with Crippen LogP contribution in [0.1, 0.15) is 31.1 Å². The van der Waals surface area contributed by atoms with Crippen LogP contribution in [0.25, 0.3) is 0 Å². The van der Waals surface area contributed by atoms with Gasteiger partial charge in [0, 0.05) is 11.3 Å². The largest absolute Gasteiger partial charge is 0.494 e. The van der Waals surface area contributed by atoms with Gasteiger partial charge in [-0.1, -0.05) is 13.8 Å². The molecule has 138 valence electrons. The quantitative estimate of drug-likeness (QED) is 0.794. The van der Waals surface area contributed by atoms with Crippen molar-refractivity contribution < 1.29 is 18.7 Å². The lowest BCUT2D eigenvalue weighted by molar-refractivity contribution is -0.118. The first kappa shape index (κ1) is 19.4. The van der Waals surface area contributed by atoms with E-state index in [2.05, 4.69) is 10.6 Å². The van der Waals surface area contributed by atoms with Gasteiger partial charge in [0.1, 0.15) is 17.6 Å². The van der Waals surface area contributed by atoms with Gasteiger partial charge in [0.15, 0.2) is 0 Å². The molecule has 26 heavy (non-hydrogen) atoms. The van der Waals surface area contributed by atoms with Gasteiger partial charge in [-0.15, -0.1) is 0 Å². The first-order chi connectivity index (χ1) is 12.4. The van der Waals surface area contributed by atoms with Crippen molar-refractivity contribution in [3.63, 3.8) is 0 Å². The van der Waals surface area contributed by atoms with E-state index < -0.39 is 6.04 Å². The number of rotatable bonds is 7. The number of halogens is 1. The molecular formula is C20H23FN2O3. The highest BCUT2D eigenvalue weighted by atomic mass is 19.1. The van der Waals surface area contributed by atoms with E-state index in [9.17, 15) is 14.0 Å². The van der Waals surface area contributed by atoms with Gasteiger partial charge in [0.05, 0.1) is 6.61 Å². The van der Waals surface area contributed by atoms with E-state index in [0.717, 1.165) is 0 Å². The number of carbonyl (C=O) groups is 2. The molecule has 2 N–H and O–H groups in total. The Kier molecular flexibility index (Phi) is 6.72. The van der Waals surface area contributed by atoms with Crippen LogP contribution in [0.4, 0.5) is 10.1 Å². The monoisotopic (exact) mass is 358 g/mol. The van der Waals surface area contributed by atoms with Crippen molar-refractivity contribution in [2.45, 2.75) is 26.8 Å². The first-order valence-corrected chi connectivity index (χ1v) is 8.51. The highest BCUT2D eigenvalue weighted by molar-refractivity contribution is 6.01. The Hall–Kier alpha value is -2.89. The lowest BCUT2D eigenvalue weighted by Gasteiger charge is -2.22. The van der Waals surface area contributed by atoms with Crippen molar-refractivity contribution >= 4 is 17.5 Å². The molecule has 2 amide bonds. The molecule has 1 unspecified atom stereocenters. The molecule has 6 heteroatoms. The standard InChI is InChI=1S/C20H23FN2O3/c1-4-26-17-11-5-14(6-12-17)19(24)23-18(13(2)3)20(25)22-16-9-7-15(21)8-10-16/h5-13,18H,4H2,1-3H3,(H,22,25)(H,23,24). The van der Waals surface area contributed by atoms with E-state index in [1.165, 1.54) is 24.3 Å². The fraction of sp³-hybridized carbons (Fsp3) is 0.300. The number of anilines is 1. The number of hydrogen-bond donors (Lipinski definition) is 2. The van der Waals surface area contributed by atoms with Gasteiger partial charge in [-0.2, -0.15) is 0 Å². The lowest BCUT2D eigenvalue weighted by atomic mass is 10.0. The average Bonchev–Trinajstić information content (AvgIpc) is 2.62. The number of nitrogens with one attached hydrogen (secondary N) is 2. The lowest BCUT2D eigenvalue weighted by Crippen LogP contribution is -2.47. The zero-order valence-electron chi connectivity index (χ0n) is 15.1. The number of carbonyl (C=O) groups excluding carboxylic acids is 2. The van der Waals surface area contributed by atoms with Crippen LogP contribution in [0.5, 0.6) is 5.75 Å². The van der Waals surface area contributed by atoms with E-state index in [-0.39, 0.29) is 23.5 Å². The van der Waals surface area contributed by atoms with Gasteiger partial charge in [-0.05, 0) is 61.4 Å². The summed E-state index contributed by atoms with van der Waals surface area (Å²) >= 11 is 0. The minimum atomic E-state index is -0.723. The van der Waals surface area contributed by atoms with Crippen LogP contribution in [-0.4, -0.2) is 24.5 Å². The second kappa shape index (κ2) is 8.99. The second-order valence-electron chi connectivity index (χ2n) is 6.15. The third kappa shape index (κ3) is 5.31. The summed E-state index contributed by atoms with van der Waals surface area (Å²) in [6.45, 7) is 6.11. The van der Waals surface area contributed by atoms with Crippen molar-refractivity contribution in [1.82, 2.24) is 5.32 Å². The molecule has 2 aromatic rings. The Morgan fingerprint density at radius 3 is 2.19 bits per heavy atom. The Labute approximate surface area is 152 Å². The van der Waals surface area contributed by atoms with E-state index in [4.69, 9.17) is 4.74 Å². The Morgan fingerprint density at radius 1 is 1.04 bits per heavy atom. The topological polar surface area (TPSA) is 67.4 Å². The minimum Gasteiger partial charge on any atom is -0.494 e. The highest BCUT2D eigenvalue weighted by Gasteiger charge is 2.24. The van der Waals surface area contributed by atoms with E-state index in [1.807, 2.05) is 20.8 Å². The average molecular weight is 358 g/mol. The van der Waals surface area contributed by atoms with Crippen molar-refractivity contribution in [1.29, 1.82) is 0 Å². The van der Waals surface area contributed by atoms with Crippen molar-refractivity contribution in [3.8, 4) is 5.75 Å². The number of benzene rings is 2. The maximum Gasteiger partial charge on any atom is 0.251 e. The summed E-state index contributed by atoms with van der Waals surface area (Å²) in [5.41, 5.74) is 0.908. The maximum atomic E-state index is 13.0. The zero-order valence-corrected chi connectivity index (χ0v) is 15.1. The molecule has 0 aromatic heterocycles. The van der Waals surface area contributed by atoms with Crippen molar-refractivity contribution in [2.24, 2.45) is 5.92 Å². The SMILES string of the molecule is CCOc1ccc(C(=O)NC(C(=O)Nc2ccc(F)cc2)C(C)C)cc1.